The number of para-hydroxylation sites is 1. The molecule has 1 unspecified atom stereocenters. The Hall–Kier alpha value is -1.55. The number of carbonyl (C=O) groups is 1. The van der Waals surface area contributed by atoms with E-state index in [0.717, 1.165) is 12.8 Å². The normalized spacial score (nSPS) is 11.9. The zero-order chi connectivity index (χ0) is 13.4. The Morgan fingerprint density at radius 3 is 2.72 bits per heavy atom. The second-order valence-corrected chi connectivity index (χ2v) is 4.09. The minimum absolute atomic E-state index is 0.0978. The van der Waals surface area contributed by atoms with Crippen molar-refractivity contribution in [1.82, 2.24) is 5.32 Å². The number of hydrogen-bond acceptors (Lipinski definition) is 3. The van der Waals surface area contributed by atoms with E-state index in [2.05, 4.69) is 5.32 Å². The van der Waals surface area contributed by atoms with Gasteiger partial charge in [-0.3, -0.25) is 4.79 Å². The van der Waals surface area contributed by atoms with Crippen molar-refractivity contribution < 1.29 is 9.53 Å². The number of nitrogens with two attached hydrogens (primary N) is 1. The third kappa shape index (κ3) is 4.04. The van der Waals surface area contributed by atoms with Crippen LogP contribution in [-0.2, 0) is 0 Å². The average molecular weight is 250 g/mol. The molecule has 4 heteroatoms. The summed E-state index contributed by atoms with van der Waals surface area (Å²) in [5, 5.41) is 2.98. The van der Waals surface area contributed by atoms with Crippen molar-refractivity contribution in [3.8, 4) is 5.75 Å². The molecule has 1 aromatic carbocycles. The van der Waals surface area contributed by atoms with E-state index < -0.39 is 0 Å². The fourth-order valence-electron chi connectivity index (χ4n) is 1.78. The van der Waals surface area contributed by atoms with E-state index in [0.29, 0.717) is 24.5 Å². The van der Waals surface area contributed by atoms with Gasteiger partial charge in [-0.2, -0.15) is 0 Å². The molecule has 1 aromatic rings. The summed E-state index contributed by atoms with van der Waals surface area (Å²) in [5.74, 6) is 0.527. The van der Waals surface area contributed by atoms with Gasteiger partial charge >= 0.3 is 0 Å². The summed E-state index contributed by atoms with van der Waals surface area (Å²) in [6.45, 7) is 5.06. The number of amides is 1. The highest BCUT2D eigenvalue weighted by atomic mass is 16.5. The van der Waals surface area contributed by atoms with Gasteiger partial charge in [0.1, 0.15) is 5.75 Å². The van der Waals surface area contributed by atoms with Crippen LogP contribution in [-0.4, -0.2) is 25.1 Å². The minimum Gasteiger partial charge on any atom is -0.493 e. The van der Waals surface area contributed by atoms with Crippen molar-refractivity contribution >= 4 is 5.91 Å². The molecular weight excluding hydrogens is 228 g/mol. The zero-order valence-corrected chi connectivity index (χ0v) is 11.1. The summed E-state index contributed by atoms with van der Waals surface area (Å²) < 4.78 is 5.45. The van der Waals surface area contributed by atoms with Crippen molar-refractivity contribution in [2.24, 2.45) is 5.73 Å². The lowest BCUT2D eigenvalue weighted by Gasteiger charge is -2.17. The van der Waals surface area contributed by atoms with Crippen molar-refractivity contribution in [3.05, 3.63) is 29.8 Å². The highest BCUT2D eigenvalue weighted by Crippen LogP contribution is 2.18. The Morgan fingerprint density at radius 2 is 2.11 bits per heavy atom. The second-order valence-electron chi connectivity index (χ2n) is 4.09. The van der Waals surface area contributed by atoms with Crippen molar-refractivity contribution in [2.45, 2.75) is 32.7 Å². The molecule has 0 fully saturated rings. The number of rotatable bonds is 7. The summed E-state index contributed by atoms with van der Waals surface area (Å²) in [4.78, 5) is 12.2. The minimum atomic E-state index is -0.0978. The van der Waals surface area contributed by atoms with E-state index in [9.17, 15) is 4.79 Å². The van der Waals surface area contributed by atoms with E-state index in [4.69, 9.17) is 10.5 Å². The van der Waals surface area contributed by atoms with Crippen molar-refractivity contribution in [2.75, 3.05) is 13.2 Å². The molecule has 1 atom stereocenters. The Morgan fingerprint density at radius 1 is 1.39 bits per heavy atom. The molecule has 3 N–H and O–H groups in total. The van der Waals surface area contributed by atoms with Gasteiger partial charge in [-0.1, -0.05) is 19.1 Å². The van der Waals surface area contributed by atoms with Crippen LogP contribution >= 0.6 is 0 Å². The Labute approximate surface area is 109 Å². The highest BCUT2D eigenvalue weighted by Gasteiger charge is 2.15. The third-order valence-electron chi connectivity index (χ3n) is 2.77. The summed E-state index contributed by atoms with van der Waals surface area (Å²) in [6, 6.07) is 7.40. The molecule has 1 amide bonds. The van der Waals surface area contributed by atoms with Crippen molar-refractivity contribution in [3.63, 3.8) is 0 Å². The molecule has 0 aliphatic carbocycles. The Bertz CT molecular complexity index is 380. The third-order valence-corrected chi connectivity index (χ3v) is 2.77. The van der Waals surface area contributed by atoms with Gasteiger partial charge in [-0.25, -0.2) is 0 Å². The lowest BCUT2D eigenvalue weighted by molar-refractivity contribution is 0.0930. The predicted octanol–water partition coefficient (Wildman–Crippen LogP) is 1.94. The summed E-state index contributed by atoms with van der Waals surface area (Å²) >= 11 is 0. The number of hydrogen-bond donors (Lipinski definition) is 2. The molecule has 100 valence electrons. The van der Waals surface area contributed by atoms with E-state index in [1.54, 1.807) is 6.07 Å². The molecule has 0 aliphatic heterocycles. The topological polar surface area (TPSA) is 64.3 Å². The summed E-state index contributed by atoms with van der Waals surface area (Å²) in [6.07, 6.45) is 1.67. The van der Waals surface area contributed by atoms with Crippen LogP contribution in [0.15, 0.2) is 24.3 Å². The quantitative estimate of drug-likeness (QED) is 0.777. The average Bonchev–Trinajstić information content (AvgIpc) is 2.39. The van der Waals surface area contributed by atoms with E-state index in [-0.39, 0.29) is 11.9 Å². The molecule has 0 heterocycles. The van der Waals surface area contributed by atoms with E-state index in [1.165, 1.54) is 0 Å². The smallest absolute Gasteiger partial charge is 0.255 e. The van der Waals surface area contributed by atoms with Gasteiger partial charge in [-0.15, -0.1) is 0 Å². The van der Waals surface area contributed by atoms with Crippen LogP contribution in [0, 0.1) is 0 Å². The van der Waals surface area contributed by atoms with E-state index >= 15 is 0 Å². The van der Waals surface area contributed by atoms with Crippen LogP contribution in [0.2, 0.25) is 0 Å². The molecule has 0 bridgehead atoms. The first-order chi connectivity index (χ1) is 8.72. The molecule has 0 spiro atoms. The van der Waals surface area contributed by atoms with Gasteiger partial charge < -0.3 is 15.8 Å². The van der Waals surface area contributed by atoms with Gasteiger partial charge in [0.25, 0.3) is 5.91 Å². The van der Waals surface area contributed by atoms with Crippen LogP contribution < -0.4 is 15.8 Å². The lowest BCUT2D eigenvalue weighted by atomic mass is 10.1. The number of carbonyl (C=O) groups excluding carboxylic acids is 1. The molecular formula is C14H22N2O2. The van der Waals surface area contributed by atoms with Gasteiger partial charge in [0.05, 0.1) is 12.2 Å². The monoisotopic (exact) mass is 250 g/mol. The number of nitrogens with one attached hydrogen (secondary N) is 1. The lowest BCUT2D eigenvalue weighted by Crippen LogP contribution is -2.36. The maximum atomic E-state index is 12.2. The second kappa shape index (κ2) is 7.71. The van der Waals surface area contributed by atoms with Gasteiger partial charge in [-0.05, 0) is 38.4 Å². The van der Waals surface area contributed by atoms with Crippen LogP contribution in [0.4, 0.5) is 0 Å². The van der Waals surface area contributed by atoms with Crippen LogP contribution in [0.3, 0.4) is 0 Å². The first-order valence-corrected chi connectivity index (χ1v) is 6.45. The predicted molar refractivity (Wildman–Crippen MR) is 72.8 cm³/mol. The molecule has 1 rings (SSSR count). The van der Waals surface area contributed by atoms with Gasteiger partial charge in [0, 0.05) is 6.04 Å². The first-order valence-electron chi connectivity index (χ1n) is 6.45. The fraction of sp³-hybridized carbons (Fsp3) is 0.500. The van der Waals surface area contributed by atoms with Crippen LogP contribution in [0.1, 0.15) is 37.0 Å². The standard InChI is InChI=1S/C14H22N2O2/c1-3-11(9-10-15)16-14(17)12-7-5-6-8-13(12)18-4-2/h5-8,11H,3-4,9-10,15H2,1-2H3,(H,16,17). The molecule has 18 heavy (non-hydrogen) atoms. The Kier molecular flexibility index (Phi) is 6.22. The molecule has 0 saturated heterocycles. The molecule has 0 radical (unpaired) electrons. The summed E-state index contributed by atoms with van der Waals surface area (Å²) in [7, 11) is 0. The van der Waals surface area contributed by atoms with Gasteiger partial charge in [0.2, 0.25) is 0 Å². The maximum absolute atomic E-state index is 12.2. The molecule has 0 aliphatic rings. The van der Waals surface area contributed by atoms with Crippen LogP contribution in [0.25, 0.3) is 0 Å². The fourth-order valence-corrected chi connectivity index (χ4v) is 1.78. The SMILES string of the molecule is CCOc1ccccc1C(=O)NC(CC)CCN. The first kappa shape index (κ1) is 14.5. The van der Waals surface area contributed by atoms with Crippen molar-refractivity contribution in [1.29, 1.82) is 0 Å². The Balaban J connectivity index is 2.76. The zero-order valence-electron chi connectivity index (χ0n) is 11.1. The maximum Gasteiger partial charge on any atom is 0.255 e. The van der Waals surface area contributed by atoms with E-state index in [1.807, 2.05) is 32.0 Å². The molecule has 0 aromatic heterocycles. The van der Waals surface area contributed by atoms with Crippen LogP contribution in [0.5, 0.6) is 5.75 Å². The van der Waals surface area contributed by atoms with Gasteiger partial charge in [0.15, 0.2) is 0 Å². The molecule has 4 nitrogen and oxygen atoms in total. The number of benzene rings is 1. The largest absolute Gasteiger partial charge is 0.493 e. The highest BCUT2D eigenvalue weighted by molar-refractivity contribution is 5.97. The summed E-state index contributed by atoms with van der Waals surface area (Å²) in [5.41, 5.74) is 6.10. The molecule has 0 saturated carbocycles. The number of ether oxygens (including phenoxy) is 1.